The summed E-state index contributed by atoms with van der Waals surface area (Å²) in [5, 5.41) is 3.53. The smallest absolute Gasteiger partial charge is 0.0697 e. The Morgan fingerprint density at radius 2 is 2.25 bits per heavy atom. The van der Waals surface area contributed by atoms with E-state index in [-0.39, 0.29) is 0 Å². The van der Waals surface area contributed by atoms with Gasteiger partial charge in [0.05, 0.1) is 5.60 Å². The highest BCUT2D eigenvalue weighted by Crippen LogP contribution is 2.43. The second-order valence-corrected chi connectivity index (χ2v) is 5.88. The summed E-state index contributed by atoms with van der Waals surface area (Å²) in [6.45, 7) is 6.89. The minimum absolute atomic E-state index is 0.303. The summed E-state index contributed by atoms with van der Waals surface area (Å²) < 4.78 is 6.01. The summed E-state index contributed by atoms with van der Waals surface area (Å²) in [7, 11) is 0. The van der Waals surface area contributed by atoms with E-state index in [1.54, 1.807) is 0 Å². The molecule has 16 heavy (non-hydrogen) atoms. The maximum absolute atomic E-state index is 6.01. The second kappa shape index (κ2) is 4.28. The standard InChI is InChI=1S/C13H24N2O/c1-11-10-15(7-6-14-11)12-3-8-16-13(9-12)4-2-5-13/h11-12,14H,2-10H2,1H3/t11-,12?/m1/s1. The molecular weight excluding hydrogens is 200 g/mol. The maximum Gasteiger partial charge on any atom is 0.0697 e. The van der Waals surface area contributed by atoms with Crippen LogP contribution in [0.25, 0.3) is 0 Å². The van der Waals surface area contributed by atoms with Gasteiger partial charge in [0.2, 0.25) is 0 Å². The van der Waals surface area contributed by atoms with Crippen molar-refractivity contribution in [1.29, 1.82) is 0 Å². The van der Waals surface area contributed by atoms with Crippen LogP contribution >= 0.6 is 0 Å². The van der Waals surface area contributed by atoms with Crippen LogP contribution in [-0.2, 0) is 4.74 Å². The van der Waals surface area contributed by atoms with Gasteiger partial charge in [-0.1, -0.05) is 0 Å². The molecule has 3 heteroatoms. The molecule has 1 aliphatic carbocycles. The Morgan fingerprint density at radius 1 is 1.38 bits per heavy atom. The fraction of sp³-hybridized carbons (Fsp3) is 1.00. The topological polar surface area (TPSA) is 24.5 Å². The highest BCUT2D eigenvalue weighted by molar-refractivity contribution is 4.97. The lowest BCUT2D eigenvalue weighted by Gasteiger charge is -2.50. The van der Waals surface area contributed by atoms with Gasteiger partial charge in [-0.2, -0.15) is 0 Å². The first-order valence-electron chi connectivity index (χ1n) is 6.89. The van der Waals surface area contributed by atoms with Crippen LogP contribution in [0.15, 0.2) is 0 Å². The summed E-state index contributed by atoms with van der Waals surface area (Å²) in [4.78, 5) is 2.70. The molecule has 3 fully saturated rings. The van der Waals surface area contributed by atoms with Gasteiger partial charge in [0, 0.05) is 38.3 Å². The Kier molecular flexibility index (Phi) is 2.94. The van der Waals surface area contributed by atoms with Crippen LogP contribution in [0.3, 0.4) is 0 Å². The van der Waals surface area contributed by atoms with Gasteiger partial charge in [-0.05, 0) is 39.0 Å². The lowest BCUT2D eigenvalue weighted by atomic mass is 9.73. The number of nitrogens with one attached hydrogen (secondary N) is 1. The lowest BCUT2D eigenvalue weighted by Crippen LogP contribution is -2.57. The largest absolute Gasteiger partial charge is 0.375 e. The first-order valence-corrected chi connectivity index (χ1v) is 6.89. The van der Waals surface area contributed by atoms with Crippen LogP contribution in [0.2, 0.25) is 0 Å². The number of rotatable bonds is 1. The molecule has 1 spiro atoms. The van der Waals surface area contributed by atoms with Gasteiger partial charge in [0.1, 0.15) is 0 Å². The molecule has 0 aromatic carbocycles. The van der Waals surface area contributed by atoms with Crippen molar-refractivity contribution in [2.24, 2.45) is 0 Å². The molecule has 0 radical (unpaired) electrons. The Labute approximate surface area is 98.5 Å². The van der Waals surface area contributed by atoms with Gasteiger partial charge in [-0.3, -0.25) is 4.90 Å². The molecule has 2 aliphatic heterocycles. The van der Waals surface area contributed by atoms with Crippen molar-refractivity contribution in [3.63, 3.8) is 0 Å². The van der Waals surface area contributed by atoms with E-state index >= 15 is 0 Å². The maximum atomic E-state index is 6.01. The predicted molar refractivity (Wildman–Crippen MR) is 64.6 cm³/mol. The van der Waals surface area contributed by atoms with Crippen molar-refractivity contribution < 1.29 is 4.74 Å². The van der Waals surface area contributed by atoms with Gasteiger partial charge in [0.15, 0.2) is 0 Å². The average Bonchev–Trinajstić information content (AvgIpc) is 2.27. The molecule has 1 saturated carbocycles. The Morgan fingerprint density at radius 3 is 2.94 bits per heavy atom. The van der Waals surface area contributed by atoms with Crippen molar-refractivity contribution in [2.45, 2.75) is 56.7 Å². The molecule has 0 aromatic rings. The van der Waals surface area contributed by atoms with E-state index in [2.05, 4.69) is 17.1 Å². The van der Waals surface area contributed by atoms with Crippen LogP contribution in [0.4, 0.5) is 0 Å². The summed E-state index contributed by atoms with van der Waals surface area (Å²) in [6.07, 6.45) is 6.54. The molecule has 2 saturated heterocycles. The third-order valence-electron chi connectivity index (χ3n) is 4.65. The third kappa shape index (κ3) is 2.01. The van der Waals surface area contributed by atoms with Crippen LogP contribution in [-0.4, -0.2) is 48.8 Å². The number of ether oxygens (including phenoxy) is 1. The van der Waals surface area contributed by atoms with Gasteiger partial charge in [-0.25, -0.2) is 0 Å². The summed E-state index contributed by atoms with van der Waals surface area (Å²) >= 11 is 0. The fourth-order valence-electron chi connectivity index (χ4n) is 3.53. The average molecular weight is 224 g/mol. The van der Waals surface area contributed by atoms with E-state index in [4.69, 9.17) is 4.74 Å². The number of hydrogen-bond donors (Lipinski definition) is 1. The molecule has 0 aromatic heterocycles. The van der Waals surface area contributed by atoms with Crippen molar-refractivity contribution >= 4 is 0 Å². The van der Waals surface area contributed by atoms with Gasteiger partial charge >= 0.3 is 0 Å². The third-order valence-corrected chi connectivity index (χ3v) is 4.65. The van der Waals surface area contributed by atoms with Crippen molar-refractivity contribution in [2.75, 3.05) is 26.2 Å². The molecule has 3 rings (SSSR count). The number of nitrogens with zero attached hydrogens (tertiary/aromatic N) is 1. The molecule has 1 unspecified atom stereocenters. The highest BCUT2D eigenvalue weighted by atomic mass is 16.5. The Hall–Kier alpha value is -0.120. The second-order valence-electron chi connectivity index (χ2n) is 5.88. The summed E-state index contributed by atoms with van der Waals surface area (Å²) in [5.74, 6) is 0. The van der Waals surface area contributed by atoms with E-state index in [1.807, 2.05) is 0 Å². The molecule has 3 nitrogen and oxygen atoms in total. The highest BCUT2D eigenvalue weighted by Gasteiger charge is 2.44. The summed E-state index contributed by atoms with van der Waals surface area (Å²) in [5.41, 5.74) is 0.303. The van der Waals surface area contributed by atoms with E-state index < -0.39 is 0 Å². The molecular formula is C13H24N2O. The zero-order valence-corrected chi connectivity index (χ0v) is 10.4. The molecule has 92 valence electrons. The monoisotopic (exact) mass is 224 g/mol. The number of piperazine rings is 1. The SMILES string of the molecule is C[C@@H]1CN(C2CCOC3(CCC3)C2)CCN1. The molecule has 0 amide bonds. The molecule has 0 bridgehead atoms. The van der Waals surface area contributed by atoms with Crippen molar-refractivity contribution in [3.05, 3.63) is 0 Å². The molecule has 2 atom stereocenters. The van der Waals surface area contributed by atoms with Crippen LogP contribution in [0.5, 0.6) is 0 Å². The molecule has 1 N–H and O–H groups in total. The quantitative estimate of drug-likeness (QED) is 0.728. The van der Waals surface area contributed by atoms with Gasteiger partial charge in [-0.15, -0.1) is 0 Å². The zero-order chi connectivity index (χ0) is 11.0. The predicted octanol–water partition coefficient (Wildman–Crippen LogP) is 1.38. The van der Waals surface area contributed by atoms with E-state index in [1.165, 1.54) is 45.2 Å². The van der Waals surface area contributed by atoms with Crippen LogP contribution in [0.1, 0.15) is 39.0 Å². The lowest BCUT2D eigenvalue weighted by molar-refractivity contribution is -0.150. The minimum atomic E-state index is 0.303. The van der Waals surface area contributed by atoms with Crippen LogP contribution < -0.4 is 5.32 Å². The molecule has 2 heterocycles. The van der Waals surface area contributed by atoms with Crippen molar-refractivity contribution in [3.8, 4) is 0 Å². The molecule has 3 aliphatic rings. The number of hydrogen-bond acceptors (Lipinski definition) is 3. The zero-order valence-electron chi connectivity index (χ0n) is 10.4. The Balaban J connectivity index is 1.61. The Bertz CT molecular complexity index is 252. The van der Waals surface area contributed by atoms with Gasteiger partial charge < -0.3 is 10.1 Å². The fourth-order valence-corrected chi connectivity index (χ4v) is 3.53. The summed E-state index contributed by atoms with van der Waals surface area (Å²) in [6, 6.07) is 1.45. The normalized spacial score (nSPS) is 39.6. The van der Waals surface area contributed by atoms with E-state index in [0.29, 0.717) is 11.6 Å². The van der Waals surface area contributed by atoms with Crippen LogP contribution in [0, 0.1) is 0 Å². The first-order chi connectivity index (χ1) is 7.77. The van der Waals surface area contributed by atoms with E-state index in [9.17, 15) is 0 Å². The first kappa shape index (κ1) is 11.0. The van der Waals surface area contributed by atoms with Crippen molar-refractivity contribution in [1.82, 2.24) is 10.2 Å². The van der Waals surface area contributed by atoms with Gasteiger partial charge in [0.25, 0.3) is 0 Å². The van der Waals surface area contributed by atoms with E-state index in [0.717, 1.165) is 19.2 Å². The minimum Gasteiger partial charge on any atom is -0.375 e.